The molecule has 0 saturated heterocycles. The van der Waals surface area contributed by atoms with Gasteiger partial charge in [0.1, 0.15) is 0 Å². The number of thiazole rings is 1. The van der Waals surface area contributed by atoms with Gasteiger partial charge in [0, 0.05) is 41.1 Å². The lowest BCUT2D eigenvalue weighted by molar-refractivity contribution is -0.114. The van der Waals surface area contributed by atoms with E-state index < -0.39 is 10.0 Å². The molecule has 2 heterocycles. The number of anilines is 2. The van der Waals surface area contributed by atoms with Crippen LogP contribution < -0.4 is 10.0 Å². The number of hydrogen-bond acceptors (Lipinski definition) is 5. The highest BCUT2D eigenvalue weighted by Gasteiger charge is 2.15. The number of sulfonamides is 1. The molecule has 0 radical (unpaired) electrons. The summed E-state index contributed by atoms with van der Waals surface area (Å²) in [5.74, 6) is -0.216. The quantitative estimate of drug-likeness (QED) is 0.502. The summed E-state index contributed by atoms with van der Waals surface area (Å²) < 4.78 is 29.8. The third-order valence-electron chi connectivity index (χ3n) is 4.31. The van der Waals surface area contributed by atoms with Crippen LogP contribution in [0.25, 0.3) is 16.2 Å². The Morgan fingerprint density at radius 1 is 1.03 bits per heavy atom. The molecule has 2 aromatic carbocycles. The Hall–Kier alpha value is -3.17. The number of aromatic nitrogens is 2. The maximum atomic E-state index is 12.6. The molecule has 0 saturated carbocycles. The van der Waals surface area contributed by atoms with E-state index in [1.807, 2.05) is 35.0 Å². The van der Waals surface area contributed by atoms with Crippen LogP contribution in [0, 0.1) is 6.92 Å². The summed E-state index contributed by atoms with van der Waals surface area (Å²) in [5.41, 5.74) is 3.86. The van der Waals surface area contributed by atoms with Crippen molar-refractivity contribution in [2.24, 2.45) is 0 Å². The molecule has 29 heavy (non-hydrogen) atoms. The van der Waals surface area contributed by atoms with E-state index in [1.165, 1.54) is 19.1 Å². The van der Waals surface area contributed by atoms with Crippen molar-refractivity contribution in [1.29, 1.82) is 0 Å². The summed E-state index contributed by atoms with van der Waals surface area (Å²) in [7, 11) is -3.73. The molecule has 148 valence electrons. The molecule has 0 aliphatic heterocycles. The second kappa shape index (κ2) is 7.34. The normalized spacial score (nSPS) is 11.5. The van der Waals surface area contributed by atoms with Crippen molar-refractivity contribution in [2.45, 2.75) is 18.7 Å². The molecule has 4 aromatic rings. The third-order valence-corrected chi connectivity index (χ3v) is 6.66. The first-order valence-corrected chi connectivity index (χ1v) is 11.1. The Morgan fingerprint density at radius 3 is 2.31 bits per heavy atom. The molecule has 9 heteroatoms. The number of fused-ring (bicyclic) bond motifs is 1. The Bertz CT molecular complexity index is 1290. The van der Waals surface area contributed by atoms with Crippen LogP contribution in [-0.2, 0) is 14.8 Å². The number of aryl methyl sites for hydroxylation is 1. The fourth-order valence-corrected chi connectivity index (χ4v) is 4.79. The molecule has 0 atom stereocenters. The first kappa shape index (κ1) is 19.2. The zero-order valence-electron chi connectivity index (χ0n) is 15.7. The highest BCUT2D eigenvalue weighted by atomic mass is 32.2. The van der Waals surface area contributed by atoms with Crippen LogP contribution in [0.1, 0.15) is 12.6 Å². The minimum absolute atomic E-state index is 0.112. The van der Waals surface area contributed by atoms with E-state index in [2.05, 4.69) is 15.0 Å². The molecule has 2 N–H and O–H groups in total. The van der Waals surface area contributed by atoms with Crippen LogP contribution in [0.3, 0.4) is 0 Å². The summed E-state index contributed by atoms with van der Waals surface area (Å²) >= 11 is 1.58. The lowest BCUT2D eigenvalue weighted by atomic mass is 10.1. The molecule has 0 aliphatic carbocycles. The standard InChI is InChI=1S/C20H18N4O3S2/c1-13-12-28-20-22-19(11-24(13)20)15-3-5-17(6-4-15)23-29(26,27)18-9-7-16(8-10-18)21-14(2)25/h3-12,23H,1-2H3,(H,21,25). The van der Waals surface area contributed by atoms with Crippen LogP contribution in [0.5, 0.6) is 0 Å². The van der Waals surface area contributed by atoms with Crippen molar-refractivity contribution in [3.8, 4) is 11.3 Å². The molecule has 0 bridgehead atoms. The summed E-state index contributed by atoms with van der Waals surface area (Å²) in [6, 6.07) is 13.1. The number of nitrogens with zero attached hydrogens (tertiary/aromatic N) is 2. The molecule has 0 fully saturated rings. The number of benzene rings is 2. The van der Waals surface area contributed by atoms with Crippen LogP contribution in [0.15, 0.2) is 65.0 Å². The van der Waals surface area contributed by atoms with E-state index in [0.717, 1.165) is 21.9 Å². The molecule has 0 spiro atoms. The summed E-state index contributed by atoms with van der Waals surface area (Å²) in [6.45, 7) is 3.42. The van der Waals surface area contributed by atoms with Crippen LogP contribution in [0.4, 0.5) is 11.4 Å². The van der Waals surface area contributed by atoms with Crippen LogP contribution in [0.2, 0.25) is 0 Å². The zero-order valence-corrected chi connectivity index (χ0v) is 17.3. The lowest BCUT2D eigenvalue weighted by Gasteiger charge is -2.09. The Kier molecular flexibility index (Phi) is 4.85. The molecular weight excluding hydrogens is 408 g/mol. The Morgan fingerprint density at radius 2 is 1.69 bits per heavy atom. The summed E-state index contributed by atoms with van der Waals surface area (Å²) in [4.78, 5) is 16.7. The number of imidazole rings is 1. The van der Waals surface area contributed by atoms with E-state index in [9.17, 15) is 13.2 Å². The van der Waals surface area contributed by atoms with Crippen molar-refractivity contribution >= 4 is 43.6 Å². The Labute approximate surface area is 172 Å². The van der Waals surface area contributed by atoms with Gasteiger partial charge in [-0.1, -0.05) is 12.1 Å². The number of hydrogen-bond donors (Lipinski definition) is 2. The molecule has 2 aromatic heterocycles. The summed E-state index contributed by atoms with van der Waals surface area (Å²) in [6.07, 6.45) is 1.97. The predicted molar refractivity (Wildman–Crippen MR) is 115 cm³/mol. The fourth-order valence-electron chi connectivity index (χ4n) is 2.88. The first-order valence-electron chi connectivity index (χ1n) is 8.76. The van der Waals surface area contributed by atoms with Gasteiger partial charge in [-0.15, -0.1) is 11.3 Å². The maximum absolute atomic E-state index is 12.6. The van der Waals surface area contributed by atoms with Crippen molar-refractivity contribution < 1.29 is 13.2 Å². The van der Waals surface area contributed by atoms with Crippen LogP contribution >= 0.6 is 11.3 Å². The fraction of sp³-hybridized carbons (Fsp3) is 0.100. The summed E-state index contributed by atoms with van der Waals surface area (Å²) in [5, 5.41) is 4.65. The molecule has 0 unspecified atom stereocenters. The average Bonchev–Trinajstić information content (AvgIpc) is 3.24. The molecule has 4 rings (SSSR count). The highest BCUT2D eigenvalue weighted by molar-refractivity contribution is 7.92. The molecule has 1 amide bonds. The van der Waals surface area contributed by atoms with Crippen molar-refractivity contribution in [3.63, 3.8) is 0 Å². The van der Waals surface area contributed by atoms with Gasteiger partial charge < -0.3 is 5.32 Å². The number of rotatable bonds is 5. The topological polar surface area (TPSA) is 92.6 Å². The van der Waals surface area contributed by atoms with E-state index in [1.54, 1.807) is 35.6 Å². The SMILES string of the molecule is CC(=O)Nc1ccc(S(=O)(=O)Nc2ccc(-c3cn4c(C)csc4n3)cc2)cc1. The second-order valence-corrected chi connectivity index (χ2v) is 9.06. The van der Waals surface area contributed by atoms with Crippen molar-refractivity contribution in [1.82, 2.24) is 9.38 Å². The van der Waals surface area contributed by atoms with Gasteiger partial charge in [-0.25, -0.2) is 13.4 Å². The van der Waals surface area contributed by atoms with Gasteiger partial charge in [-0.05, 0) is 43.3 Å². The van der Waals surface area contributed by atoms with Gasteiger partial charge >= 0.3 is 0 Å². The lowest BCUT2D eigenvalue weighted by Crippen LogP contribution is -2.13. The zero-order chi connectivity index (χ0) is 20.6. The van der Waals surface area contributed by atoms with Crippen molar-refractivity contribution in [2.75, 3.05) is 10.0 Å². The van der Waals surface area contributed by atoms with E-state index in [0.29, 0.717) is 11.4 Å². The largest absolute Gasteiger partial charge is 0.326 e. The van der Waals surface area contributed by atoms with Crippen LogP contribution in [-0.4, -0.2) is 23.7 Å². The Balaban J connectivity index is 1.52. The average molecular weight is 427 g/mol. The van der Waals surface area contributed by atoms with Gasteiger partial charge in [0.25, 0.3) is 10.0 Å². The molecular formula is C20H18N4O3S2. The predicted octanol–water partition coefficient (Wildman–Crippen LogP) is 4.13. The third kappa shape index (κ3) is 4.01. The monoisotopic (exact) mass is 426 g/mol. The van der Waals surface area contributed by atoms with Gasteiger partial charge in [-0.3, -0.25) is 13.9 Å². The number of carbonyl (C=O) groups is 1. The van der Waals surface area contributed by atoms with Gasteiger partial charge in [-0.2, -0.15) is 0 Å². The second-order valence-electron chi connectivity index (χ2n) is 6.54. The molecule has 0 aliphatic rings. The molecule has 7 nitrogen and oxygen atoms in total. The van der Waals surface area contributed by atoms with Gasteiger partial charge in [0.05, 0.1) is 10.6 Å². The smallest absolute Gasteiger partial charge is 0.261 e. The van der Waals surface area contributed by atoms with E-state index in [-0.39, 0.29) is 10.8 Å². The van der Waals surface area contributed by atoms with E-state index >= 15 is 0 Å². The minimum Gasteiger partial charge on any atom is -0.326 e. The van der Waals surface area contributed by atoms with Crippen molar-refractivity contribution in [3.05, 3.63) is 65.8 Å². The van der Waals surface area contributed by atoms with E-state index in [4.69, 9.17) is 0 Å². The minimum atomic E-state index is -3.73. The first-order chi connectivity index (χ1) is 13.8. The number of carbonyl (C=O) groups excluding carboxylic acids is 1. The highest BCUT2D eigenvalue weighted by Crippen LogP contribution is 2.25. The number of nitrogens with one attached hydrogen (secondary N) is 2. The van der Waals surface area contributed by atoms with Gasteiger partial charge in [0.2, 0.25) is 5.91 Å². The maximum Gasteiger partial charge on any atom is 0.261 e. The number of amides is 1. The van der Waals surface area contributed by atoms with Gasteiger partial charge in [0.15, 0.2) is 4.96 Å².